The summed E-state index contributed by atoms with van der Waals surface area (Å²) in [7, 11) is 0. The van der Waals surface area contributed by atoms with Crippen LogP contribution < -0.4 is 0 Å². The molecular formula is C13H9N. The van der Waals surface area contributed by atoms with E-state index in [2.05, 4.69) is 18.2 Å². The van der Waals surface area contributed by atoms with E-state index in [1.54, 1.807) is 0 Å². The van der Waals surface area contributed by atoms with Crippen molar-refractivity contribution in [3.63, 3.8) is 0 Å². The molecule has 0 N–H and O–H groups in total. The molecule has 0 fully saturated rings. The number of benzene rings is 2. The van der Waals surface area contributed by atoms with Crippen molar-refractivity contribution in [2.45, 2.75) is 12.8 Å². The molecule has 1 aliphatic rings. The molecule has 0 aromatic heterocycles. The summed E-state index contributed by atoms with van der Waals surface area (Å²) in [4.78, 5) is 0. The van der Waals surface area contributed by atoms with Gasteiger partial charge in [0.2, 0.25) is 0 Å². The SMILES string of the molecule is N#Cc1ccc2c3c(cccc13)CC2. The third-order valence-corrected chi connectivity index (χ3v) is 3.00. The van der Waals surface area contributed by atoms with Gasteiger partial charge < -0.3 is 0 Å². The molecule has 1 nitrogen and oxygen atoms in total. The van der Waals surface area contributed by atoms with Crippen molar-refractivity contribution in [2.75, 3.05) is 0 Å². The van der Waals surface area contributed by atoms with E-state index in [9.17, 15) is 0 Å². The largest absolute Gasteiger partial charge is 0.192 e. The van der Waals surface area contributed by atoms with Crippen LogP contribution in [0, 0.1) is 11.3 Å². The van der Waals surface area contributed by atoms with Crippen LogP contribution in [0.3, 0.4) is 0 Å². The van der Waals surface area contributed by atoms with Gasteiger partial charge in [-0.05, 0) is 40.8 Å². The van der Waals surface area contributed by atoms with Crippen molar-refractivity contribution in [1.82, 2.24) is 0 Å². The average molecular weight is 179 g/mol. The smallest absolute Gasteiger partial charge is 0.0998 e. The van der Waals surface area contributed by atoms with Crippen molar-refractivity contribution >= 4 is 10.8 Å². The summed E-state index contributed by atoms with van der Waals surface area (Å²) in [5.41, 5.74) is 3.59. The van der Waals surface area contributed by atoms with Crippen molar-refractivity contribution in [3.05, 3.63) is 47.0 Å². The second kappa shape index (κ2) is 2.59. The van der Waals surface area contributed by atoms with Gasteiger partial charge in [0.05, 0.1) is 11.6 Å². The molecule has 0 unspecified atom stereocenters. The average Bonchev–Trinajstić information content (AvgIpc) is 2.65. The molecule has 0 heterocycles. The second-order valence-corrected chi connectivity index (χ2v) is 3.72. The molecule has 0 spiro atoms. The first kappa shape index (κ1) is 7.58. The highest BCUT2D eigenvalue weighted by Gasteiger charge is 2.14. The number of aryl methyl sites for hydroxylation is 2. The van der Waals surface area contributed by atoms with E-state index in [0.29, 0.717) is 0 Å². The van der Waals surface area contributed by atoms with Gasteiger partial charge in [-0.15, -0.1) is 0 Å². The van der Waals surface area contributed by atoms with Gasteiger partial charge in [0.1, 0.15) is 0 Å². The maximum Gasteiger partial charge on any atom is 0.0998 e. The van der Waals surface area contributed by atoms with Crippen LogP contribution in [0.4, 0.5) is 0 Å². The predicted molar refractivity (Wildman–Crippen MR) is 56.1 cm³/mol. The van der Waals surface area contributed by atoms with Crippen molar-refractivity contribution in [3.8, 4) is 6.07 Å². The topological polar surface area (TPSA) is 23.8 Å². The number of hydrogen-bond donors (Lipinski definition) is 0. The Hall–Kier alpha value is -1.81. The zero-order valence-corrected chi connectivity index (χ0v) is 7.75. The third-order valence-electron chi connectivity index (χ3n) is 3.00. The summed E-state index contributed by atoms with van der Waals surface area (Å²) < 4.78 is 0. The lowest BCUT2D eigenvalue weighted by molar-refractivity contribution is 1.02. The normalized spacial score (nSPS) is 13.1. The Balaban J connectivity index is 2.55. The Morgan fingerprint density at radius 2 is 1.79 bits per heavy atom. The second-order valence-electron chi connectivity index (χ2n) is 3.72. The van der Waals surface area contributed by atoms with Crippen LogP contribution in [0.1, 0.15) is 16.7 Å². The highest BCUT2D eigenvalue weighted by atomic mass is 14.3. The maximum absolute atomic E-state index is 8.99. The summed E-state index contributed by atoms with van der Waals surface area (Å²) in [6.07, 6.45) is 2.25. The fraction of sp³-hybridized carbons (Fsp3) is 0.154. The van der Waals surface area contributed by atoms with Crippen LogP contribution in [-0.2, 0) is 12.8 Å². The lowest BCUT2D eigenvalue weighted by atomic mass is 10.0. The Bertz CT molecular complexity index is 551. The predicted octanol–water partition coefficient (Wildman–Crippen LogP) is 2.81. The standard InChI is InChI=1S/C13H9N/c14-8-11-7-6-10-5-4-9-2-1-3-12(11)13(9)10/h1-3,6-7H,4-5H2. The molecule has 0 saturated carbocycles. The zero-order chi connectivity index (χ0) is 9.54. The van der Waals surface area contributed by atoms with E-state index in [1.165, 1.54) is 16.5 Å². The van der Waals surface area contributed by atoms with Crippen LogP contribution >= 0.6 is 0 Å². The number of nitrogens with zero attached hydrogens (tertiary/aromatic N) is 1. The van der Waals surface area contributed by atoms with Gasteiger partial charge in [0.25, 0.3) is 0 Å². The Morgan fingerprint density at radius 1 is 1.00 bits per heavy atom. The molecule has 2 aromatic rings. The van der Waals surface area contributed by atoms with Crippen LogP contribution in [-0.4, -0.2) is 0 Å². The molecule has 14 heavy (non-hydrogen) atoms. The molecule has 1 heteroatoms. The van der Waals surface area contributed by atoms with Crippen molar-refractivity contribution in [1.29, 1.82) is 5.26 Å². The van der Waals surface area contributed by atoms with Gasteiger partial charge in [-0.25, -0.2) is 0 Å². The zero-order valence-electron chi connectivity index (χ0n) is 7.75. The summed E-state index contributed by atoms with van der Waals surface area (Å²) in [6, 6.07) is 12.5. The van der Waals surface area contributed by atoms with E-state index in [0.717, 1.165) is 23.8 Å². The van der Waals surface area contributed by atoms with Crippen LogP contribution in [0.25, 0.3) is 10.8 Å². The van der Waals surface area contributed by atoms with Gasteiger partial charge in [-0.1, -0.05) is 24.3 Å². The maximum atomic E-state index is 8.99. The van der Waals surface area contributed by atoms with Crippen LogP contribution in [0.5, 0.6) is 0 Å². The quantitative estimate of drug-likeness (QED) is 0.610. The molecular weight excluding hydrogens is 170 g/mol. The molecule has 0 amide bonds. The van der Waals surface area contributed by atoms with Gasteiger partial charge in [-0.3, -0.25) is 0 Å². The fourth-order valence-electron chi connectivity index (χ4n) is 2.34. The van der Waals surface area contributed by atoms with E-state index < -0.39 is 0 Å². The van der Waals surface area contributed by atoms with Crippen molar-refractivity contribution < 1.29 is 0 Å². The highest BCUT2D eigenvalue weighted by Crippen LogP contribution is 2.32. The number of hydrogen-bond acceptors (Lipinski definition) is 1. The number of nitriles is 1. The Morgan fingerprint density at radius 3 is 2.57 bits per heavy atom. The molecule has 3 rings (SSSR count). The van der Waals surface area contributed by atoms with Gasteiger partial charge >= 0.3 is 0 Å². The molecule has 0 radical (unpaired) electrons. The molecule has 1 aliphatic carbocycles. The molecule has 0 aliphatic heterocycles. The molecule has 66 valence electrons. The molecule has 0 saturated heterocycles. The lowest BCUT2D eigenvalue weighted by Gasteiger charge is -2.02. The van der Waals surface area contributed by atoms with E-state index in [-0.39, 0.29) is 0 Å². The summed E-state index contributed by atoms with van der Waals surface area (Å²) in [5.74, 6) is 0. The minimum atomic E-state index is 0.799. The first-order valence-corrected chi connectivity index (χ1v) is 4.84. The minimum absolute atomic E-state index is 0.799. The minimum Gasteiger partial charge on any atom is -0.192 e. The summed E-state index contributed by atoms with van der Waals surface area (Å²) >= 11 is 0. The number of rotatable bonds is 0. The molecule has 0 atom stereocenters. The first-order chi connectivity index (χ1) is 6.90. The molecule has 2 aromatic carbocycles. The first-order valence-electron chi connectivity index (χ1n) is 4.84. The van der Waals surface area contributed by atoms with E-state index in [4.69, 9.17) is 5.26 Å². The third kappa shape index (κ3) is 0.831. The summed E-state index contributed by atoms with van der Waals surface area (Å²) in [5, 5.41) is 11.4. The lowest BCUT2D eigenvalue weighted by Crippen LogP contribution is -1.82. The summed E-state index contributed by atoms with van der Waals surface area (Å²) in [6.45, 7) is 0. The fourth-order valence-corrected chi connectivity index (χ4v) is 2.34. The Labute approximate surface area is 82.6 Å². The van der Waals surface area contributed by atoms with Crippen LogP contribution in [0.15, 0.2) is 30.3 Å². The monoisotopic (exact) mass is 179 g/mol. The van der Waals surface area contributed by atoms with E-state index >= 15 is 0 Å². The van der Waals surface area contributed by atoms with Crippen molar-refractivity contribution in [2.24, 2.45) is 0 Å². The highest BCUT2D eigenvalue weighted by molar-refractivity contribution is 5.94. The Kier molecular flexibility index (Phi) is 1.40. The van der Waals surface area contributed by atoms with Gasteiger partial charge in [0.15, 0.2) is 0 Å². The van der Waals surface area contributed by atoms with Crippen LogP contribution in [0.2, 0.25) is 0 Å². The van der Waals surface area contributed by atoms with E-state index in [1.807, 2.05) is 18.2 Å². The van der Waals surface area contributed by atoms with Gasteiger partial charge in [-0.2, -0.15) is 5.26 Å². The van der Waals surface area contributed by atoms with Gasteiger partial charge in [0, 0.05) is 0 Å². The molecule has 0 bridgehead atoms.